The summed E-state index contributed by atoms with van der Waals surface area (Å²) in [5.41, 5.74) is 0. The summed E-state index contributed by atoms with van der Waals surface area (Å²) in [6.07, 6.45) is 5.71. The number of pyridine rings is 1. The van der Waals surface area contributed by atoms with Crippen LogP contribution in [0.3, 0.4) is 0 Å². The second kappa shape index (κ2) is 10.3. The van der Waals surface area contributed by atoms with Crippen LogP contribution in [0.4, 0.5) is 0 Å². The maximum absolute atomic E-state index is 12.6. The topological polar surface area (TPSA) is 73.3 Å². The molecule has 0 radical (unpaired) electrons. The first-order valence-corrected chi connectivity index (χ1v) is 10.2. The smallest absolute Gasteiger partial charge is 0.239 e. The molecule has 1 atom stereocenters. The number of aromatic nitrogens is 1. The molecule has 1 unspecified atom stereocenters. The highest BCUT2D eigenvalue weighted by Crippen LogP contribution is 2.14. The van der Waals surface area contributed by atoms with E-state index in [1.54, 1.807) is 19.4 Å². The summed E-state index contributed by atoms with van der Waals surface area (Å²) < 4.78 is 5.66. The van der Waals surface area contributed by atoms with E-state index in [1.807, 2.05) is 24.0 Å². The number of likely N-dealkylation sites (tertiary alicyclic amines) is 1. The van der Waals surface area contributed by atoms with Crippen LogP contribution in [0.1, 0.15) is 19.8 Å². The third-order valence-corrected chi connectivity index (χ3v) is 5.44. The monoisotopic (exact) mass is 388 g/mol. The molecule has 0 aromatic carbocycles. The van der Waals surface area contributed by atoms with Gasteiger partial charge in [0.1, 0.15) is 12.4 Å². The number of piperazine rings is 1. The van der Waals surface area contributed by atoms with E-state index in [9.17, 15) is 4.79 Å². The van der Waals surface area contributed by atoms with Crippen LogP contribution >= 0.6 is 0 Å². The lowest BCUT2D eigenvalue weighted by atomic mass is 10.2. The van der Waals surface area contributed by atoms with Crippen molar-refractivity contribution in [2.45, 2.75) is 25.8 Å². The molecular weight excluding hydrogens is 356 g/mol. The molecule has 8 nitrogen and oxygen atoms in total. The summed E-state index contributed by atoms with van der Waals surface area (Å²) in [4.78, 5) is 27.6. The number of carbonyl (C=O) groups excluding carboxylic acids is 1. The van der Waals surface area contributed by atoms with Gasteiger partial charge in [0.05, 0.1) is 18.8 Å². The van der Waals surface area contributed by atoms with Crippen molar-refractivity contribution < 1.29 is 9.53 Å². The number of hydrogen-bond acceptors (Lipinski definition) is 5. The first-order chi connectivity index (χ1) is 13.7. The van der Waals surface area contributed by atoms with Gasteiger partial charge in [0.25, 0.3) is 0 Å². The van der Waals surface area contributed by atoms with Gasteiger partial charge in [-0.25, -0.2) is 0 Å². The average molecular weight is 389 g/mol. The number of carbonyl (C=O) groups is 1. The van der Waals surface area contributed by atoms with Crippen LogP contribution < -0.4 is 10.1 Å². The summed E-state index contributed by atoms with van der Waals surface area (Å²) in [5, 5.41) is 3.36. The SMILES string of the molecule is CN=C(NCCOc1cccnc1)N1CCN(C(C)C(=O)N2CCCC2)CC1. The third-order valence-electron chi connectivity index (χ3n) is 5.44. The van der Waals surface area contributed by atoms with Crippen LogP contribution in [-0.2, 0) is 4.79 Å². The van der Waals surface area contributed by atoms with Crippen LogP contribution in [0.25, 0.3) is 0 Å². The maximum Gasteiger partial charge on any atom is 0.239 e. The number of ether oxygens (including phenoxy) is 1. The summed E-state index contributed by atoms with van der Waals surface area (Å²) in [6, 6.07) is 3.71. The van der Waals surface area contributed by atoms with Crippen LogP contribution in [0.15, 0.2) is 29.5 Å². The van der Waals surface area contributed by atoms with Gasteiger partial charge in [0.2, 0.25) is 5.91 Å². The predicted octanol–water partition coefficient (Wildman–Crippen LogP) is 0.664. The molecule has 0 bridgehead atoms. The summed E-state index contributed by atoms with van der Waals surface area (Å²) in [6.45, 7) is 8.56. The van der Waals surface area contributed by atoms with Crippen LogP contribution in [0.5, 0.6) is 5.75 Å². The first-order valence-electron chi connectivity index (χ1n) is 10.2. The molecule has 2 saturated heterocycles. The van der Waals surface area contributed by atoms with Crippen LogP contribution in [0, 0.1) is 0 Å². The number of guanidine groups is 1. The van der Waals surface area contributed by atoms with Crippen molar-refractivity contribution >= 4 is 11.9 Å². The number of aliphatic imine (C=N–C) groups is 1. The maximum atomic E-state index is 12.6. The molecule has 2 fully saturated rings. The Balaban J connectivity index is 1.39. The molecule has 3 heterocycles. The molecular formula is C20H32N6O2. The van der Waals surface area contributed by atoms with E-state index in [-0.39, 0.29) is 11.9 Å². The van der Waals surface area contributed by atoms with E-state index in [0.717, 1.165) is 63.8 Å². The molecule has 28 heavy (non-hydrogen) atoms. The molecule has 8 heteroatoms. The Labute approximate surface area is 167 Å². The summed E-state index contributed by atoms with van der Waals surface area (Å²) in [7, 11) is 1.80. The fraction of sp³-hybridized carbons (Fsp3) is 0.650. The Morgan fingerprint density at radius 1 is 1.21 bits per heavy atom. The van der Waals surface area contributed by atoms with Gasteiger partial charge in [-0.1, -0.05) is 0 Å². The number of rotatable bonds is 6. The molecule has 154 valence electrons. The summed E-state index contributed by atoms with van der Waals surface area (Å²) >= 11 is 0. The Morgan fingerprint density at radius 3 is 2.61 bits per heavy atom. The minimum Gasteiger partial charge on any atom is -0.490 e. The predicted molar refractivity (Wildman–Crippen MR) is 110 cm³/mol. The van der Waals surface area contributed by atoms with Gasteiger partial charge >= 0.3 is 0 Å². The molecule has 0 aliphatic carbocycles. The molecule has 0 saturated carbocycles. The van der Waals surface area contributed by atoms with Crippen molar-refractivity contribution in [2.24, 2.45) is 4.99 Å². The second-order valence-electron chi connectivity index (χ2n) is 7.24. The Kier molecular flexibility index (Phi) is 7.47. The molecule has 2 aliphatic rings. The van der Waals surface area contributed by atoms with Gasteiger partial charge in [-0.05, 0) is 31.9 Å². The zero-order valence-corrected chi connectivity index (χ0v) is 17.0. The van der Waals surface area contributed by atoms with Gasteiger partial charge < -0.3 is 19.9 Å². The zero-order chi connectivity index (χ0) is 19.8. The Hall–Kier alpha value is -2.35. The van der Waals surface area contributed by atoms with E-state index >= 15 is 0 Å². The van der Waals surface area contributed by atoms with Gasteiger partial charge in [-0.3, -0.25) is 19.7 Å². The van der Waals surface area contributed by atoms with Gasteiger partial charge in [-0.2, -0.15) is 0 Å². The number of amides is 1. The molecule has 1 N–H and O–H groups in total. The van der Waals surface area contributed by atoms with E-state index in [2.05, 4.69) is 25.1 Å². The molecule has 0 spiro atoms. The normalized spacial score (nSPS) is 19.6. The fourth-order valence-corrected chi connectivity index (χ4v) is 3.78. The van der Waals surface area contributed by atoms with Crippen molar-refractivity contribution in [3.8, 4) is 5.75 Å². The molecule has 1 aromatic rings. The quantitative estimate of drug-likeness (QED) is 0.439. The van der Waals surface area contributed by atoms with Crippen molar-refractivity contribution in [1.82, 2.24) is 25.0 Å². The first kappa shape index (κ1) is 20.4. The highest BCUT2D eigenvalue weighted by Gasteiger charge is 2.30. The highest BCUT2D eigenvalue weighted by molar-refractivity contribution is 5.82. The van der Waals surface area contributed by atoms with E-state index < -0.39 is 0 Å². The Morgan fingerprint density at radius 2 is 1.96 bits per heavy atom. The number of nitrogens with zero attached hydrogens (tertiary/aromatic N) is 5. The highest BCUT2D eigenvalue weighted by atomic mass is 16.5. The van der Waals surface area contributed by atoms with Crippen molar-refractivity contribution in [2.75, 3.05) is 59.5 Å². The van der Waals surface area contributed by atoms with E-state index in [1.165, 1.54) is 0 Å². The number of hydrogen-bond donors (Lipinski definition) is 1. The van der Waals surface area contributed by atoms with Gasteiger partial charge in [0, 0.05) is 52.5 Å². The number of nitrogens with one attached hydrogen (secondary N) is 1. The minimum atomic E-state index is -0.0388. The molecule has 2 aliphatic heterocycles. The average Bonchev–Trinajstić information content (AvgIpc) is 3.29. The van der Waals surface area contributed by atoms with E-state index in [0.29, 0.717) is 13.2 Å². The molecule has 1 amide bonds. The van der Waals surface area contributed by atoms with E-state index in [4.69, 9.17) is 4.74 Å². The minimum absolute atomic E-state index is 0.0388. The lowest BCUT2D eigenvalue weighted by Gasteiger charge is -2.39. The standard InChI is InChI=1S/C20H32N6O2/c1-17(19(27)25-9-3-4-10-25)24-11-13-26(14-12-24)20(21-2)23-8-15-28-18-6-5-7-22-16-18/h5-7,16-17H,3-4,8-15H2,1-2H3,(H,21,23). The van der Waals surface area contributed by atoms with Crippen LogP contribution in [-0.4, -0.2) is 97.1 Å². The lowest BCUT2D eigenvalue weighted by molar-refractivity contribution is -0.135. The van der Waals surface area contributed by atoms with Crippen molar-refractivity contribution in [3.05, 3.63) is 24.5 Å². The summed E-state index contributed by atoms with van der Waals surface area (Å²) in [5.74, 6) is 1.93. The molecule has 3 rings (SSSR count). The van der Waals surface area contributed by atoms with Gasteiger partial charge in [-0.15, -0.1) is 0 Å². The van der Waals surface area contributed by atoms with Crippen LogP contribution in [0.2, 0.25) is 0 Å². The largest absolute Gasteiger partial charge is 0.490 e. The zero-order valence-electron chi connectivity index (χ0n) is 17.0. The van der Waals surface area contributed by atoms with Gasteiger partial charge in [0.15, 0.2) is 5.96 Å². The third kappa shape index (κ3) is 5.34. The molecule has 1 aromatic heterocycles. The van der Waals surface area contributed by atoms with Crippen molar-refractivity contribution in [1.29, 1.82) is 0 Å². The second-order valence-corrected chi connectivity index (χ2v) is 7.24. The Bertz CT molecular complexity index is 639. The lowest BCUT2D eigenvalue weighted by Crippen LogP contribution is -2.57. The van der Waals surface area contributed by atoms with Crippen molar-refractivity contribution in [3.63, 3.8) is 0 Å². The fourth-order valence-electron chi connectivity index (χ4n) is 3.78.